The average molecular weight is 274 g/mol. The van der Waals surface area contributed by atoms with Crippen LogP contribution in [0, 0.1) is 0 Å². The fraction of sp³-hybridized carbons (Fsp3) is 0.429. The van der Waals surface area contributed by atoms with Crippen LogP contribution in [0.1, 0.15) is 12.8 Å². The molecule has 6 heteroatoms. The Morgan fingerprint density at radius 2 is 2.05 bits per heavy atom. The summed E-state index contributed by atoms with van der Waals surface area (Å²) in [5, 5.41) is 6.07. The smallest absolute Gasteiger partial charge is 0.325 e. The van der Waals surface area contributed by atoms with Crippen LogP contribution in [-0.2, 0) is 18.9 Å². The van der Waals surface area contributed by atoms with Crippen LogP contribution in [0.3, 0.4) is 0 Å². The fourth-order valence-electron chi connectivity index (χ4n) is 2.72. The second-order valence-electron chi connectivity index (χ2n) is 5.24. The lowest BCUT2D eigenvalue weighted by Gasteiger charge is -2.11. The van der Waals surface area contributed by atoms with E-state index in [0.29, 0.717) is 0 Å². The number of rotatable bonds is 2. The van der Waals surface area contributed by atoms with Gasteiger partial charge in [0.15, 0.2) is 0 Å². The number of amides is 1. The molecule has 3 rings (SSSR count). The van der Waals surface area contributed by atoms with Crippen molar-refractivity contribution in [2.75, 3.05) is 11.9 Å². The summed E-state index contributed by atoms with van der Waals surface area (Å²) < 4.78 is 3.18. The largest absolute Gasteiger partial charge is 0.328 e. The van der Waals surface area contributed by atoms with Crippen molar-refractivity contribution in [1.82, 2.24) is 14.5 Å². The standard InChI is InChI=1S/C14H18N4O2/c1-17-11-6-5-9(8-12(11)18(2)14(17)20)16-13(19)10-4-3-7-15-10/h5-6,8,10,15H,3-4,7H2,1-2H3,(H,16,19). The summed E-state index contributed by atoms with van der Waals surface area (Å²) in [7, 11) is 3.47. The highest BCUT2D eigenvalue weighted by molar-refractivity contribution is 5.96. The van der Waals surface area contributed by atoms with Gasteiger partial charge >= 0.3 is 5.69 Å². The first-order valence-corrected chi connectivity index (χ1v) is 6.77. The Labute approximate surface area is 116 Å². The number of benzene rings is 1. The van der Waals surface area contributed by atoms with Crippen molar-refractivity contribution in [1.29, 1.82) is 0 Å². The normalized spacial score (nSPS) is 18.6. The van der Waals surface area contributed by atoms with E-state index >= 15 is 0 Å². The predicted molar refractivity (Wildman–Crippen MR) is 77.8 cm³/mol. The third-order valence-electron chi connectivity index (χ3n) is 3.92. The third-order valence-corrected chi connectivity index (χ3v) is 3.92. The number of fused-ring (bicyclic) bond motifs is 1. The Morgan fingerprint density at radius 3 is 2.75 bits per heavy atom. The van der Waals surface area contributed by atoms with Gasteiger partial charge in [0, 0.05) is 19.8 Å². The summed E-state index contributed by atoms with van der Waals surface area (Å²) in [6, 6.07) is 5.41. The van der Waals surface area contributed by atoms with E-state index in [0.717, 1.165) is 36.1 Å². The van der Waals surface area contributed by atoms with Gasteiger partial charge in [-0.15, -0.1) is 0 Å². The molecule has 0 bridgehead atoms. The van der Waals surface area contributed by atoms with Gasteiger partial charge in [0.1, 0.15) is 0 Å². The number of carbonyl (C=O) groups is 1. The summed E-state index contributed by atoms with van der Waals surface area (Å²) in [5.41, 5.74) is 2.32. The second kappa shape index (κ2) is 4.79. The highest BCUT2D eigenvalue weighted by atomic mass is 16.2. The Balaban J connectivity index is 1.91. The van der Waals surface area contributed by atoms with Crippen molar-refractivity contribution >= 4 is 22.6 Å². The minimum atomic E-state index is -0.106. The second-order valence-corrected chi connectivity index (χ2v) is 5.24. The van der Waals surface area contributed by atoms with Crippen LogP contribution in [-0.4, -0.2) is 27.6 Å². The van der Waals surface area contributed by atoms with Gasteiger partial charge in [-0.3, -0.25) is 13.9 Å². The van der Waals surface area contributed by atoms with Crippen LogP contribution in [0.25, 0.3) is 11.0 Å². The lowest BCUT2D eigenvalue weighted by molar-refractivity contribution is -0.117. The van der Waals surface area contributed by atoms with Gasteiger partial charge in [-0.2, -0.15) is 0 Å². The molecule has 0 radical (unpaired) electrons. The lowest BCUT2D eigenvalue weighted by atomic mass is 10.2. The molecular weight excluding hydrogens is 256 g/mol. The number of nitrogens with one attached hydrogen (secondary N) is 2. The fourth-order valence-corrected chi connectivity index (χ4v) is 2.72. The van der Waals surface area contributed by atoms with Crippen LogP contribution >= 0.6 is 0 Å². The Kier molecular flexibility index (Phi) is 3.10. The van der Waals surface area contributed by atoms with Crippen LogP contribution in [0.2, 0.25) is 0 Å². The summed E-state index contributed by atoms with van der Waals surface area (Å²) in [4.78, 5) is 23.9. The molecule has 1 unspecified atom stereocenters. The molecule has 20 heavy (non-hydrogen) atoms. The molecule has 2 aromatic rings. The lowest BCUT2D eigenvalue weighted by Crippen LogP contribution is -2.35. The van der Waals surface area contributed by atoms with Gasteiger partial charge in [-0.05, 0) is 37.6 Å². The van der Waals surface area contributed by atoms with Gasteiger partial charge in [0.2, 0.25) is 5.91 Å². The van der Waals surface area contributed by atoms with Crippen LogP contribution < -0.4 is 16.3 Å². The quantitative estimate of drug-likeness (QED) is 0.841. The van der Waals surface area contributed by atoms with Crippen LogP contribution in [0.4, 0.5) is 5.69 Å². The van der Waals surface area contributed by atoms with Crippen molar-refractivity contribution in [3.05, 3.63) is 28.7 Å². The van der Waals surface area contributed by atoms with E-state index in [-0.39, 0.29) is 17.6 Å². The SMILES string of the molecule is Cn1c(=O)n(C)c2cc(NC(=O)C3CCCN3)ccc21. The Hall–Kier alpha value is -2.08. The van der Waals surface area contributed by atoms with Crippen molar-refractivity contribution in [3.8, 4) is 0 Å². The van der Waals surface area contributed by atoms with E-state index in [9.17, 15) is 9.59 Å². The molecule has 1 aromatic carbocycles. The number of aryl methyl sites for hydroxylation is 2. The maximum absolute atomic E-state index is 12.1. The zero-order chi connectivity index (χ0) is 14.3. The molecule has 1 aromatic heterocycles. The van der Waals surface area contributed by atoms with E-state index in [2.05, 4.69) is 10.6 Å². The topological polar surface area (TPSA) is 68.1 Å². The van der Waals surface area contributed by atoms with Gasteiger partial charge in [0.05, 0.1) is 17.1 Å². The number of nitrogens with zero attached hydrogens (tertiary/aromatic N) is 2. The van der Waals surface area contributed by atoms with Gasteiger partial charge < -0.3 is 10.6 Å². The molecule has 106 valence electrons. The summed E-state index contributed by atoms with van der Waals surface area (Å²) in [6.07, 6.45) is 1.90. The average Bonchev–Trinajstić information content (AvgIpc) is 3.04. The first kappa shape index (κ1) is 12.9. The molecule has 1 aliphatic rings. The monoisotopic (exact) mass is 274 g/mol. The molecule has 1 fully saturated rings. The van der Waals surface area contributed by atoms with Crippen molar-refractivity contribution in [3.63, 3.8) is 0 Å². The number of hydrogen-bond acceptors (Lipinski definition) is 3. The maximum atomic E-state index is 12.1. The molecule has 0 aliphatic carbocycles. The molecule has 1 saturated heterocycles. The summed E-state index contributed by atoms with van der Waals surface area (Å²) in [5.74, 6) is -0.0113. The highest BCUT2D eigenvalue weighted by Crippen LogP contribution is 2.18. The number of anilines is 1. The highest BCUT2D eigenvalue weighted by Gasteiger charge is 2.22. The van der Waals surface area contributed by atoms with E-state index < -0.39 is 0 Å². The first-order valence-electron chi connectivity index (χ1n) is 6.77. The molecule has 1 amide bonds. The molecular formula is C14H18N4O2. The third kappa shape index (κ3) is 2.02. The zero-order valence-electron chi connectivity index (χ0n) is 11.6. The van der Waals surface area contributed by atoms with Crippen LogP contribution in [0.5, 0.6) is 0 Å². The number of imidazole rings is 1. The summed E-state index contributed by atoms with van der Waals surface area (Å²) in [6.45, 7) is 0.893. The number of carbonyl (C=O) groups excluding carboxylic acids is 1. The summed E-state index contributed by atoms with van der Waals surface area (Å²) >= 11 is 0. The minimum Gasteiger partial charge on any atom is -0.325 e. The van der Waals surface area contributed by atoms with E-state index in [1.165, 1.54) is 0 Å². The molecule has 0 spiro atoms. The van der Waals surface area contributed by atoms with Crippen molar-refractivity contribution in [2.45, 2.75) is 18.9 Å². The Bertz CT molecular complexity index is 723. The van der Waals surface area contributed by atoms with E-state index in [1.807, 2.05) is 18.2 Å². The first-order chi connectivity index (χ1) is 9.58. The molecule has 1 atom stereocenters. The van der Waals surface area contributed by atoms with Crippen molar-refractivity contribution in [2.24, 2.45) is 14.1 Å². The molecule has 0 saturated carbocycles. The number of aromatic nitrogens is 2. The van der Waals surface area contributed by atoms with E-state index in [4.69, 9.17) is 0 Å². The number of hydrogen-bond donors (Lipinski definition) is 2. The predicted octanol–water partition coefficient (Wildman–Crippen LogP) is 0.567. The molecule has 6 nitrogen and oxygen atoms in total. The Morgan fingerprint density at radius 1 is 1.30 bits per heavy atom. The molecule has 2 N–H and O–H groups in total. The minimum absolute atomic E-state index is 0.0113. The van der Waals surface area contributed by atoms with Crippen LogP contribution in [0.15, 0.2) is 23.0 Å². The van der Waals surface area contributed by atoms with Crippen molar-refractivity contribution < 1.29 is 4.79 Å². The maximum Gasteiger partial charge on any atom is 0.328 e. The molecule has 2 heterocycles. The van der Waals surface area contributed by atoms with Gasteiger partial charge in [-0.1, -0.05) is 0 Å². The zero-order valence-corrected chi connectivity index (χ0v) is 11.6. The molecule has 1 aliphatic heterocycles. The van der Waals surface area contributed by atoms with E-state index in [1.54, 1.807) is 23.2 Å². The van der Waals surface area contributed by atoms with Gasteiger partial charge in [-0.25, -0.2) is 4.79 Å². The van der Waals surface area contributed by atoms with Gasteiger partial charge in [0.25, 0.3) is 0 Å².